The smallest absolute Gasteiger partial charge is 0.250 e. The maximum atomic E-state index is 12.3. The number of anilines is 2. The Labute approximate surface area is 318 Å². The second-order valence-electron chi connectivity index (χ2n) is 13.9. The molecule has 0 saturated carbocycles. The van der Waals surface area contributed by atoms with Crippen LogP contribution in [0, 0.1) is 11.8 Å². The van der Waals surface area contributed by atoms with Crippen molar-refractivity contribution in [2.45, 2.75) is 45.5 Å². The van der Waals surface area contributed by atoms with Crippen LogP contribution >= 0.6 is 22.7 Å². The van der Waals surface area contributed by atoms with Gasteiger partial charge in [-0.3, -0.25) is 0 Å². The molecule has 2 aliphatic rings. The highest BCUT2D eigenvalue weighted by atomic mass is 32.1. The van der Waals surface area contributed by atoms with Crippen LogP contribution in [-0.2, 0) is 0 Å². The Morgan fingerprint density at radius 2 is 1.11 bits per heavy atom. The van der Waals surface area contributed by atoms with Crippen LogP contribution in [-0.4, -0.2) is 78.7 Å². The third-order valence-corrected chi connectivity index (χ3v) is 12.1. The summed E-state index contributed by atoms with van der Waals surface area (Å²) < 4.78 is 24.6. The second-order valence-corrected chi connectivity index (χ2v) is 15.6. The molecule has 8 rings (SSSR count). The summed E-state index contributed by atoms with van der Waals surface area (Å²) in [6.07, 6.45) is 6.70. The van der Waals surface area contributed by atoms with E-state index in [1.54, 1.807) is 35.3 Å². The second kappa shape index (κ2) is 18.3. The van der Waals surface area contributed by atoms with Gasteiger partial charge in [0.2, 0.25) is 0 Å². The number of rotatable bonds is 12. The van der Waals surface area contributed by atoms with Crippen LogP contribution < -0.4 is 20.4 Å². The topological polar surface area (TPSA) is 82.1 Å². The minimum atomic E-state index is -2.28. The van der Waals surface area contributed by atoms with Gasteiger partial charge in [0.15, 0.2) is 0 Å². The van der Waals surface area contributed by atoms with E-state index >= 15 is 0 Å². The highest BCUT2D eigenvalue weighted by Crippen LogP contribution is 2.40. The Balaban J connectivity index is 0.000000164. The van der Waals surface area contributed by atoms with Crippen molar-refractivity contribution in [1.82, 2.24) is 30.6 Å². The number of halogens is 2. The lowest BCUT2D eigenvalue weighted by Gasteiger charge is -2.33. The van der Waals surface area contributed by atoms with Crippen LogP contribution in [0.15, 0.2) is 84.1 Å². The summed E-state index contributed by atoms with van der Waals surface area (Å²) in [5.41, 5.74) is 4.85. The fraction of sp³-hybridized carbons (Fsp3) is 0.415. The van der Waals surface area contributed by atoms with Gasteiger partial charge in [0, 0.05) is 48.1 Å². The summed E-state index contributed by atoms with van der Waals surface area (Å²) in [6.45, 7) is 8.86. The zero-order valence-electron chi connectivity index (χ0n) is 30.3. The summed E-state index contributed by atoms with van der Waals surface area (Å²) in [5, 5.41) is 13.1. The standard InChI is InChI=1S/C21H26N4S.C20H22F2N4S/c1-2-10-22-13-16-8-11-25(12-9-16)20-19-18(17-6-4-3-5-7-17)14-26-21(19)24-15-23-20;21-17(22)11-23-10-14-6-8-26(9-7-14)19-18-16(15-4-2-1-3-5-15)12-27-20(18)25-13-24-19/h3-7,14-16,22H,2,8-13H2,1H3;1-5,12-14,17,23H,6-11H2. The Hall–Kier alpha value is -4.10. The first-order chi connectivity index (χ1) is 26.1. The average molecular weight is 755 g/mol. The molecule has 6 heterocycles. The van der Waals surface area contributed by atoms with E-state index in [4.69, 9.17) is 4.98 Å². The molecule has 0 spiro atoms. The molecule has 0 bridgehead atoms. The van der Waals surface area contributed by atoms with Crippen molar-refractivity contribution in [3.63, 3.8) is 0 Å². The van der Waals surface area contributed by atoms with Crippen LogP contribution in [0.4, 0.5) is 20.4 Å². The van der Waals surface area contributed by atoms with Gasteiger partial charge in [0.05, 0.1) is 17.3 Å². The van der Waals surface area contributed by atoms with Gasteiger partial charge < -0.3 is 20.4 Å². The zero-order chi connectivity index (χ0) is 36.4. The molecule has 6 aromatic rings. The van der Waals surface area contributed by atoms with E-state index in [1.807, 2.05) is 18.2 Å². The van der Waals surface area contributed by atoms with Crippen molar-refractivity contribution in [1.29, 1.82) is 0 Å². The van der Waals surface area contributed by atoms with Crippen molar-refractivity contribution in [3.05, 3.63) is 84.1 Å². The molecule has 0 radical (unpaired) electrons. The highest BCUT2D eigenvalue weighted by Gasteiger charge is 2.25. The summed E-state index contributed by atoms with van der Waals surface area (Å²) in [6, 6.07) is 20.9. The van der Waals surface area contributed by atoms with Crippen molar-refractivity contribution in [3.8, 4) is 22.3 Å². The number of alkyl halides is 2. The fourth-order valence-electron chi connectivity index (χ4n) is 7.44. The minimum absolute atomic E-state index is 0.220. The molecule has 0 atom stereocenters. The van der Waals surface area contributed by atoms with E-state index in [0.717, 1.165) is 84.7 Å². The van der Waals surface area contributed by atoms with E-state index in [2.05, 4.69) is 95.5 Å². The van der Waals surface area contributed by atoms with Crippen LogP contribution in [0.5, 0.6) is 0 Å². The monoisotopic (exact) mass is 754 g/mol. The number of benzene rings is 2. The van der Waals surface area contributed by atoms with Crippen molar-refractivity contribution < 1.29 is 8.78 Å². The Bertz CT molecular complexity index is 2010. The Kier molecular flexibility index (Phi) is 12.8. The van der Waals surface area contributed by atoms with Crippen LogP contribution in [0.25, 0.3) is 42.7 Å². The zero-order valence-corrected chi connectivity index (χ0v) is 31.9. The molecule has 8 nitrogen and oxygen atoms in total. The van der Waals surface area contributed by atoms with Crippen LogP contribution in [0.2, 0.25) is 0 Å². The van der Waals surface area contributed by atoms with E-state index < -0.39 is 6.43 Å². The van der Waals surface area contributed by atoms with E-state index in [0.29, 0.717) is 12.5 Å². The summed E-state index contributed by atoms with van der Waals surface area (Å²) in [5.74, 6) is 3.31. The van der Waals surface area contributed by atoms with Gasteiger partial charge in [-0.05, 0) is 74.7 Å². The van der Waals surface area contributed by atoms with Gasteiger partial charge >= 0.3 is 0 Å². The van der Waals surface area contributed by atoms with Gasteiger partial charge in [-0.15, -0.1) is 22.7 Å². The summed E-state index contributed by atoms with van der Waals surface area (Å²) in [7, 11) is 0. The number of aromatic nitrogens is 4. The lowest BCUT2D eigenvalue weighted by atomic mass is 9.96. The van der Waals surface area contributed by atoms with E-state index in [1.165, 1.54) is 46.9 Å². The molecule has 2 aromatic carbocycles. The third kappa shape index (κ3) is 9.17. The number of fused-ring (bicyclic) bond motifs is 2. The summed E-state index contributed by atoms with van der Waals surface area (Å²) in [4.78, 5) is 25.1. The first kappa shape index (κ1) is 37.2. The van der Waals surface area contributed by atoms with Crippen molar-refractivity contribution in [2.24, 2.45) is 11.8 Å². The molecular formula is C41H48F2N8S2. The number of hydrogen-bond acceptors (Lipinski definition) is 10. The molecule has 53 heavy (non-hydrogen) atoms. The molecule has 0 aliphatic carbocycles. The number of nitrogens with zero attached hydrogens (tertiary/aromatic N) is 6. The Morgan fingerprint density at radius 1 is 0.660 bits per heavy atom. The van der Waals surface area contributed by atoms with Crippen molar-refractivity contribution >= 4 is 54.7 Å². The molecule has 2 saturated heterocycles. The molecule has 2 aliphatic heterocycles. The maximum Gasteiger partial charge on any atom is 0.250 e. The molecule has 2 N–H and O–H groups in total. The normalized spacial score (nSPS) is 15.7. The van der Waals surface area contributed by atoms with Gasteiger partial charge in [0.1, 0.15) is 34.0 Å². The van der Waals surface area contributed by atoms with Gasteiger partial charge in [-0.25, -0.2) is 28.7 Å². The predicted octanol–water partition coefficient (Wildman–Crippen LogP) is 9.00. The Morgan fingerprint density at radius 3 is 1.55 bits per heavy atom. The number of piperidine rings is 2. The van der Waals surface area contributed by atoms with E-state index in [-0.39, 0.29) is 6.54 Å². The molecular weight excluding hydrogens is 707 g/mol. The predicted molar refractivity (Wildman–Crippen MR) is 218 cm³/mol. The first-order valence-electron chi connectivity index (χ1n) is 18.8. The van der Waals surface area contributed by atoms with E-state index in [9.17, 15) is 8.78 Å². The first-order valence-corrected chi connectivity index (χ1v) is 20.6. The molecule has 4 aromatic heterocycles. The molecule has 0 unspecified atom stereocenters. The molecule has 12 heteroatoms. The highest BCUT2D eigenvalue weighted by molar-refractivity contribution is 7.17. The number of thiophene rings is 2. The summed E-state index contributed by atoms with van der Waals surface area (Å²) >= 11 is 3.36. The molecule has 0 amide bonds. The van der Waals surface area contributed by atoms with Gasteiger partial charge in [-0.2, -0.15) is 0 Å². The number of hydrogen-bond donors (Lipinski definition) is 2. The largest absolute Gasteiger partial charge is 0.356 e. The molecule has 278 valence electrons. The fourth-order valence-corrected chi connectivity index (χ4v) is 9.26. The van der Waals surface area contributed by atoms with Crippen LogP contribution in [0.1, 0.15) is 39.0 Å². The van der Waals surface area contributed by atoms with Gasteiger partial charge in [0.25, 0.3) is 6.43 Å². The number of nitrogens with one attached hydrogen (secondary N) is 2. The maximum absolute atomic E-state index is 12.3. The third-order valence-electron chi connectivity index (χ3n) is 10.3. The van der Waals surface area contributed by atoms with Crippen LogP contribution in [0.3, 0.4) is 0 Å². The average Bonchev–Trinajstić information content (AvgIpc) is 3.85. The van der Waals surface area contributed by atoms with Crippen molar-refractivity contribution in [2.75, 3.05) is 62.2 Å². The SMILES string of the molecule is CCCNCC1CCN(c2ncnc3scc(-c4ccccc4)c23)CC1.FC(F)CNCC1CCN(c2ncnc3scc(-c4ccccc4)c23)CC1. The lowest BCUT2D eigenvalue weighted by Crippen LogP contribution is -2.38. The molecule has 2 fully saturated rings. The quantitative estimate of drug-likeness (QED) is 0.120. The minimum Gasteiger partial charge on any atom is -0.356 e. The van der Waals surface area contributed by atoms with Gasteiger partial charge in [-0.1, -0.05) is 67.6 Å². The lowest BCUT2D eigenvalue weighted by molar-refractivity contribution is 0.143.